The van der Waals surface area contributed by atoms with Gasteiger partial charge < -0.3 is 19.5 Å². The molecular formula is C19H33N5O8S2. The van der Waals surface area contributed by atoms with Gasteiger partial charge in [-0.3, -0.25) is 9.69 Å². The van der Waals surface area contributed by atoms with Crippen LogP contribution in [0, 0.1) is 0 Å². The number of hydrogen-bond acceptors (Lipinski definition) is 11. The molecule has 1 N–H and O–H groups in total. The van der Waals surface area contributed by atoms with E-state index in [1.54, 1.807) is 4.68 Å². The quantitative estimate of drug-likeness (QED) is 0.230. The molecule has 0 radical (unpaired) electrons. The van der Waals surface area contributed by atoms with Gasteiger partial charge in [0.1, 0.15) is 5.75 Å². The van der Waals surface area contributed by atoms with Crippen LogP contribution in [0.5, 0.6) is 0 Å². The number of amides is 1. The second kappa shape index (κ2) is 14.5. The fourth-order valence-electron chi connectivity index (χ4n) is 2.91. The number of carbonyl (C=O) groups excluding carboxylic acids is 1. The van der Waals surface area contributed by atoms with Gasteiger partial charge in [-0.15, -0.1) is 5.10 Å². The first-order valence-electron chi connectivity index (χ1n) is 10.9. The Morgan fingerprint density at radius 1 is 1.09 bits per heavy atom. The van der Waals surface area contributed by atoms with Crippen molar-refractivity contribution >= 4 is 25.6 Å². The smallest absolute Gasteiger partial charge is 0.235 e. The Balaban J connectivity index is 1.41. The van der Waals surface area contributed by atoms with Gasteiger partial charge in [-0.1, -0.05) is 11.8 Å². The predicted octanol–water partition coefficient (Wildman–Crippen LogP) is -1.77. The molecule has 15 heteroatoms. The molecule has 0 bridgehead atoms. The molecule has 1 aliphatic heterocycles. The lowest BCUT2D eigenvalue weighted by atomic mass is 10.4. The van der Waals surface area contributed by atoms with Crippen LogP contribution in [-0.4, -0.2) is 119 Å². The van der Waals surface area contributed by atoms with Crippen LogP contribution in [0.2, 0.25) is 0 Å². The Bertz CT molecular complexity index is 967. The molecule has 0 atom stereocenters. The molecule has 1 amide bonds. The molecule has 34 heavy (non-hydrogen) atoms. The number of rotatable bonds is 17. The zero-order valence-corrected chi connectivity index (χ0v) is 20.8. The van der Waals surface area contributed by atoms with Crippen molar-refractivity contribution < 1.29 is 35.8 Å². The molecular weight excluding hydrogens is 490 g/mol. The van der Waals surface area contributed by atoms with Crippen molar-refractivity contribution in [2.24, 2.45) is 0 Å². The number of ether oxygens (including phenoxy) is 3. The predicted molar refractivity (Wildman–Crippen MR) is 123 cm³/mol. The molecule has 1 saturated heterocycles. The van der Waals surface area contributed by atoms with Gasteiger partial charge in [0.05, 0.1) is 63.4 Å². The van der Waals surface area contributed by atoms with Gasteiger partial charge in [0.15, 0.2) is 19.7 Å². The van der Waals surface area contributed by atoms with E-state index in [9.17, 15) is 21.6 Å². The number of sulfone groups is 2. The lowest BCUT2D eigenvalue weighted by Gasteiger charge is -2.25. The van der Waals surface area contributed by atoms with E-state index >= 15 is 0 Å². The van der Waals surface area contributed by atoms with Gasteiger partial charge in [0.25, 0.3) is 0 Å². The molecule has 1 fully saturated rings. The van der Waals surface area contributed by atoms with Gasteiger partial charge in [-0.05, 0) is 0 Å². The van der Waals surface area contributed by atoms with Crippen LogP contribution in [0.25, 0.3) is 0 Å². The Labute approximate surface area is 200 Å². The Hall–Kier alpha value is -1.91. The van der Waals surface area contributed by atoms with Crippen LogP contribution in [-0.2, 0) is 51.8 Å². The number of carbonyl (C=O) groups is 1. The van der Waals surface area contributed by atoms with Crippen molar-refractivity contribution in [2.45, 2.75) is 13.1 Å². The van der Waals surface area contributed by atoms with Crippen molar-refractivity contribution in [3.05, 3.63) is 23.9 Å². The maximum atomic E-state index is 11.5. The number of nitrogens with zero attached hydrogens (tertiary/aromatic N) is 4. The molecule has 2 rings (SSSR count). The molecule has 0 aliphatic carbocycles. The van der Waals surface area contributed by atoms with Crippen LogP contribution in [0.1, 0.15) is 5.69 Å². The van der Waals surface area contributed by atoms with E-state index in [0.717, 1.165) is 11.1 Å². The van der Waals surface area contributed by atoms with Gasteiger partial charge in [-0.25, -0.2) is 21.5 Å². The minimum Gasteiger partial charge on any atom is -0.377 e. The Morgan fingerprint density at radius 3 is 2.35 bits per heavy atom. The summed E-state index contributed by atoms with van der Waals surface area (Å²) in [4.78, 5) is 13.5. The molecule has 1 aromatic heterocycles. The first-order valence-corrected chi connectivity index (χ1v) is 14.4. The van der Waals surface area contributed by atoms with Crippen LogP contribution in [0.15, 0.2) is 18.2 Å². The molecule has 194 valence electrons. The highest BCUT2D eigenvalue weighted by Crippen LogP contribution is 2.07. The third-order valence-corrected chi connectivity index (χ3v) is 7.55. The molecule has 13 nitrogen and oxygen atoms in total. The minimum atomic E-state index is -3.55. The SMILES string of the molecule is C=CS(=O)(=O)CC(=O)NCCOCCOCCOCCn1cc(CN2CCS(=O)(=O)CC2)nn1. The van der Waals surface area contributed by atoms with Gasteiger partial charge in [0, 0.05) is 37.8 Å². The zero-order chi connectivity index (χ0) is 24.9. The second-order valence-corrected chi connectivity index (χ2v) is 11.8. The van der Waals surface area contributed by atoms with Crippen LogP contribution in [0.3, 0.4) is 0 Å². The molecule has 0 unspecified atom stereocenters. The topological polar surface area (TPSA) is 159 Å². The average Bonchev–Trinajstić information content (AvgIpc) is 3.23. The van der Waals surface area contributed by atoms with Gasteiger partial charge in [-0.2, -0.15) is 0 Å². The third-order valence-electron chi connectivity index (χ3n) is 4.77. The van der Waals surface area contributed by atoms with Crippen molar-refractivity contribution in [1.29, 1.82) is 0 Å². The summed E-state index contributed by atoms with van der Waals surface area (Å²) in [7, 11) is -6.44. The molecule has 0 aromatic carbocycles. The highest BCUT2D eigenvalue weighted by atomic mass is 32.2. The maximum Gasteiger partial charge on any atom is 0.235 e. The Kier molecular flexibility index (Phi) is 12.1. The standard InChI is InChI=1S/C19H33N5O8S2/c1-2-33(26,27)17-19(25)20-3-7-30-9-11-32-12-10-31-8-4-24-16-18(21-22-24)15-23-5-13-34(28,29)14-6-23/h2,16H,1,3-15,17H2,(H,20,25). The molecule has 1 aliphatic rings. The first-order chi connectivity index (χ1) is 16.2. The van der Waals surface area contributed by atoms with E-state index in [0.29, 0.717) is 59.2 Å². The van der Waals surface area contributed by atoms with E-state index < -0.39 is 31.3 Å². The van der Waals surface area contributed by atoms with Crippen molar-refractivity contribution in [3.8, 4) is 0 Å². The summed E-state index contributed by atoms with van der Waals surface area (Å²) in [6.07, 6.45) is 1.83. The molecule has 0 spiro atoms. The number of aromatic nitrogens is 3. The maximum absolute atomic E-state index is 11.5. The summed E-state index contributed by atoms with van der Waals surface area (Å²) in [5.41, 5.74) is 0.795. The normalized spacial score (nSPS) is 16.4. The summed E-state index contributed by atoms with van der Waals surface area (Å²) < 4.78 is 63.2. The third kappa shape index (κ3) is 12.0. The summed E-state index contributed by atoms with van der Waals surface area (Å²) in [6.45, 7) is 7.73. The monoisotopic (exact) mass is 523 g/mol. The number of nitrogens with one attached hydrogen (secondary N) is 1. The lowest BCUT2D eigenvalue weighted by molar-refractivity contribution is -0.118. The Morgan fingerprint density at radius 2 is 1.71 bits per heavy atom. The minimum absolute atomic E-state index is 0.187. The summed E-state index contributed by atoms with van der Waals surface area (Å²) >= 11 is 0. The van der Waals surface area contributed by atoms with E-state index in [1.165, 1.54) is 0 Å². The van der Waals surface area contributed by atoms with Crippen LogP contribution in [0.4, 0.5) is 0 Å². The van der Waals surface area contributed by atoms with Crippen molar-refractivity contribution in [1.82, 2.24) is 25.2 Å². The van der Waals surface area contributed by atoms with Crippen LogP contribution < -0.4 is 5.32 Å². The van der Waals surface area contributed by atoms with Gasteiger partial charge in [0.2, 0.25) is 5.91 Å². The second-order valence-electron chi connectivity index (χ2n) is 7.56. The zero-order valence-electron chi connectivity index (χ0n) is 19.1. The average molecular weight is 524 g/mol. The molecule has 0 saturated carbocycles. The highest BCUT2D eigenvalue weighted by molar-refractivity contribution is 7.94. The van der Waals surface area contributed by atoms with Crippen LogP contribution >= 0.6 is 0 Å². The van der Waals surface area contributed by atoms with Crippen molar-refractivity contribution in [3.63, 3.8) is 0 Å². The van der Waals surface area contributed by atoms with E-state index in [-0.39, 0.29) is 24.7 Å². The first kappa shape index (κ1) is 28.3. The largest absolute Gasteiger partial charge is 0.377 e. The van der Waals surface area contributed by atoms with E-state index in [2.05, 4.69) is 27.1 Å². The summed E-state index contributed by atoms with van der Waals surface area (Å²) in [6, 6.07) is 0. The fraction of sp³-hybridized carbons (Fsp3) is 0.737. The van der Waals surface area contributed by atoms with E-state index in [1.807, 2.05) is 6.20 Å². The molecule has 2 heterocycles. The number of hydrogen-bond donors (Lipinski definition) is 1. The summed E-state index contributed by atoms with van der Waals surface area (Å²) in [5.74, 6) is -0.846. The highest BCUT2D eigenvalue weighted by Gasteiger charge is 2.22. The lowest BCUT2D eigenvalue weighted by Crippen LogP contribution is -2.39. The van der Waals surface area contributed by atoms with Gasteiger partial charge >= 0.3 is 0 Å². The fourth-order valence-corrected chi connectivity index (χ4v) is 4.78. The van der Waals surface area contributed by atoms with E-state index in [4.69, 9.17) is 14.2 Å². The van der Waals surface area contributed by atoms with Crippen molar-refractivity contribution in [2.75, 3.05) is 76.5 Å². The summed E-state index contributed by atoms with van der Waals surface area (Å²) in [5, 5.41) is 11.4. The molecule has 1 aromatic rings.